The minimum atomic E-state index is -0.271. The molecule has 0 bridgehead atoms. The second kappa shape index (κ2) is 6.71. The Bertz CT molecular complexity index is 299. The second-order valence-corrected chi connectivity index (χ2v) is 6.02. The molecule has 1 heterocycles. The number of rotatable bonds is 4. The average molecular weight is 268 g/mol. The third-order valence-electron chi connectivity index (χ3n) is 4.72. The van der Waals surface area contributed by atoms with Gasteiger partial charge in [-0.15, -0.1) is 0 Å². The Morgan fingerprint density at radius 2 is 2.05 bits per heavy atom. The Hall–Kier alpha value is -0.610. The van der Waals surface area contributed by atoms with Crippen LogP contribution in [-0.2, 0) is 9.53 Å². The highest BCUT2D eigenvalue weighted by Crippen LogP contribution is 2.37. The summed E-state index contributed by atoms with van der Waals surface area (Å²) < 4.78 is 5.69. The number of piperidine rings is 1. The van der Waals surface area contributed by atoms with Gasteiger partial charge in [0.2, 0.25) is 5.91 Å². The number of nitrogens with two attached hydrogens (primary N) is 1. The van der Waals surface area contributed by atoms with Crippen molar-refractivity contribution in [1.82, 2.24) is 4.90 Å². The third kappa shape index (κ3) is 3.29. The Morgan fingerprint density at radius 1 is 1.32 bits per heavy atom. The largest absolute Gasteiger partial charge is 0.377 e. The summed E-state index contributed by atoms with van der Waals surface area (Å²) in [5, 5.41) is 0. The normalized spacial score (nSPS) is 27.3. The number of likely N-dealkylation sites (tertiary alicyclic amines) is 1. The van der Waals surface area contributed by atoms with Crippen molar-refractivity contribution in [1.29, 1.82) is 0 Å². The van der Waals surface area contributed by atoms with Crippen LogP contribution in [0.15, 0.2) is 0 Å². The van der Waals surface area contributed by atoms with E-state index in [2.05, 4.69) is 0 Å². The average Bonchev–Trinajstić information content (AvgIpc) is 2.48. The van der Waals surface area contributed by atoms with Gasteiger partial charge in [-0.25, -0.2) is 0 Å². The van der Waals surface area contributed by atoms with Gasteiger partial charge in [-0.3, -0.25) is 4.79 Å². The number of carbonyl (C=O) groups is 1. The van der Waals surface area contributed by atoms with Gasteiger partial charge in [0.05, 0.1) is 11.5 Å². The van der Waals surface area contributed by atoms with E-state index >= 15 is 0 Å². The van der Waals surface area contributed by atoms with Crippen molar-refractivity contribution in [3.63, 3.8) is 0 Å². The lowest BCUT2D eigenvalue weighted by Gasteiger charge is -2.41. The molecule has 1 unspecified atom stereocenters. The van der Waals surface area contributed by atoms with Gasteiger partial charge >= 0.3 is 0 Å². The van der Waals surface area contributed by atoms with Gasteiger partial charge in [-0.2, -0.15) is 0 Å². The summed E-state index contributed by atoms with van der Waals surface area (Å²) in [6.07, 6.45) is 7.83. The van der Waals surface area contributed by atoms with E-state index in [0.717, 1.165) is 58.2 Å². The van der Waals surface area contributed by atoms with Crippen LogP contribution in [0.4, 0.5) is 0 Å². The Kier molecular flexibility index (Phi) is 5.22. The molecule has 0 aromatic carbocycles. The standard InChI is InChI=1S/C15H28N2O2/c1-2-19-13-7-6-10-17(11-13)14(18)15(12-16)8-4-3-5-9-15/h13H,2-12,16H2,1H3. The quantitative estimate of drug-likeness (QED) is 0.847. The van der Waals surface area contributed by atoms with E-state index in [1.54, 1.807) is 0 Å². The van der Waals surface area contributed by atoms with Crippen molar-refractivity contribution in [3.8, 4) is 0 Å². The maximum atomic E-state index is 12.8. The van der Waals surface area contributed by atoms with Crippen LogP contribution in [0.25, 0.3) is 0 Å². The number of amides is 1. The smallest absolute Gasteiger partial charge is 0.230 e. The van der Waals surface area contributed by atoms with Crippen LogP contribution in [0, 0.1) is 5.41 Å². The first-order chi connectivity index (χ1) is 9.22. The first-order valence-corrected chi connectivity index (χ1v) is 7.83. The molecule has 2 rings (SSSR count). The molecule has 1 amide bonds. The summed E-state index contributed by atoms with van der Waals surface area (Å²) in [4.78, 5) is 14.9. The molecule has 0 radical (unpaired) electrons. The molecular formula is C15H28N2O2. The van der Waals surface area contributed by atoms with E-state index in [1.807, 2.05) is 11.8 Å². The number of hydrogen-bond acceptors (Lipinski definition) is 3. The molecule has 1 aliphatic carbocycles. The van der Waals surface area contributed by atoms with Crippen LogP contribution >= 0.6 is 0 Å². The molecule has 2 aliphatic rings. The lowest BCUT2D eigenvalue weighted by molar-refractivity contribution is -0.147. The highest BCUT2D eigenvalue weighted by molar-refractivity contribution is 5.83. The molecular weight excluding hydrogens is 240 g/mol. The van der Waals surface area contributed by atoms with Gasteiger partial charge in [0.15, 0.2) is 0 Å². The Balaban J connectivity index is 2.00. The SMILES string of the molecule is CCOC1CCCN(C(=O)C2(CN)CCCCC2)C1. The summed E-state index contributed by atoms with van der Waals surface area (Å²) in [7, 11) is 0. The maximum absolute atomic E-state index is 12.8. The van der Waals surface area contributed by atoms with Crippen LogP contribution in [0.2, 0.25) is 0 Å². The van der Waals surface area contributed by atoms with Crippen molar-refractivity contribution in [2.75, 3.05) is 26.2 Å². The first kappa shape index (κ1) is 14.8. The highest BCUT2D eigenvalue weighted by Gasteiger charge is 2.41. The van der Waals surface area contributed by atoms with Crippen molar-refractivity contribution < 1.29 is 9.53 Å². The predicted molar refractivity (Wildman–Crippen MR) is 75.8 cm³/mol. The molecule has 0 spiro atoms. The van der Waals surface area contributed by atoms with E-state index < -0.39 is 0 Å². The number of ether oxygens (including phenoxy) is 1. The highest BCUT2D eigenvalue weighted by atomic mass is 16.5. The molecule has 19 heavy (non-hydrogen) atoms. The van der Waals surface area contributed by atoms with Gasteiger partial charge in [-0.1, -0.05) is 19.3 Å². The predicted octanol–water partition coefficient (Wildman–Crippen LogP) is 1.92. The van der Waals surface area contributed by atoms with Crippen LogP contribution in [-0.4, -0.2) is 43.2 Å². The molecule has 4 nitrogen and oxygen atoms in total. The van der Waals surface area contributed by atoms with Crippen LogP contribution in [0.3, 0.4) is 0 Å². The zero-order valence-electron chi connectivity index (χ0n) is 12.2. The van der Waals surface area contributed by atoms with Crippen molar-refractivity contribution in [2.45, 2.75) is 58.0 Å². The second-order valence-electron chi connectivity index (χ2n) is 6.02. The van der Waals surface area contributed by atoms with Gasteiger partial charge in [-0.05, 0) is 32.6 Å². The fraction of sp³-hybridized carbons (Fsp3) is 0.933. The lowest BCUT2D eigenvalue weighted by atomic mass is 9.73. The first-order valence-electron chi connectivity index (χ1n) is 7.83. The van der Waals surface area contributed by atoms with Crippen LogP contribution in [0.5, 0.6) is 0 Å². The molecule has 1 saturated heterocycles. The number of hydrogen-bond donors (Lipinski definition) is 1. The zero-order valence-corrected chi connectivity index (χ0v) is 12.2. The van der Waals surface area contributed by atoms with Crippen molar-refractivity contribution >= 4 is 5.91 Å². The molecule has 2 N–H and O–H groups in total. The molecule has 1 atom stereocenters. The maximum Gasteiger partial charge on any atom is 0.230 e. The van der Waals surface area contributed by atoms with Gasteiger partial charge in [0.1, 0.15) is 0 Å². The molecule has 110 valence electrons. The Morgan fingerprint density at radius 3 is 2.68 bits per heavy atom. The fourth-order valence-corrected chi connectivity index (χ4v) is 3.56. The molecule has 1 saturated carbocycles. The van der Waals surface area contributed by atoms with Gasteiger partial charge in [0.25, 0.3) is 0 Å². The molecule has 0 aromatic rings. The van der Waals surface area contributed by atoms with Crippen molar-refractivity contribution in [2.24, 2.45) is 11.1 Å². The zero-order chi connectivity index (χ0) is 13.7. The summed E-state index contributed by atoms with van der Waals surface area (Å²) in [6, 6.07) is 0. The summed E-state index contributed by atoms with van der Waals surface area (Å²) in [6.45, 7) is 4.89. The molecule has 0 aromatic heterocycles. The minimum absolute atomic E-state index is 0.223. The van der Waals surface area contributed by atoms with E-state index in [4.69, 9.17) is 10.5 Å². The van der Waals surface area contributed by atoms with E-state index in [9.17, 15) is 4.79 Å². The van der Waals surface area contributed by atoms with E-state index in [1.165, 1.54) is 6.42 Å². The Labute approximate surface area is 116 Å². The topological polar surface area (TPSA) is 55.6 Å². The van der Waals surface area contributed by atoms with E-state index in [-0.39, 0.29) is 11.5 Å². The third-order valence-corrected chi connectivity index (χ3v) is 4.72. The van der Waals surface area contributed by atoms with Gasteiger partial charge in [0, 0.05) is 26.2 Å². The molecule has 4 heteroatoms. The summed E-state index contributed by atoms with van der Waals surface area (Å²) in [5.74, 6) is 0.291. The van der Waals surface area contributed by atoms with Crippen molar-refractivity contribution in [3.05, 3.63) is 0 Å². The van der Waals surface area contributed by atoms with E-state index in [0.29, 0.717) is 12.5 Å². The monoisotopic (exact) mass is 268 g/mol. The molecule has 2 fully saturated rings. The number of nitrogens with zero attached hydrogens (tertiary/aromatic N) is 1. The van der Waals surface area contributed by atoms with Crippen LogP contribution < -0.4 is 5.73 Å². The molecule has 1 aliphatic heterocycles. The van der Waals surface area contributed by atoms with Crippen LogP contribution in [0.1, 0.15) is 51.9 Å². The minimum Gasteiger partial charge on any atom is -0.377 e. The lowest BCUT2D eigenvalue weighted by Crippen LogP contribution is -2.53. The van der Waals surface area contributed by atoms with Gasteiger partial charge < -0.3 is 15.4 Å². The fourth-order valence-electron chi connectivity index (χ4n) is 3.56. The summed E-state index contributed by atoms with van der Waals surface area (Å²) in [5.41, 5.74) is 5.69. The number of carbonyl (C=O) groups excluding carboxylic acids is 1. The summed E-state index contributed by atoms with van der Waals surface area (Å²) >= 11 is 0.